The van der Waals surface area contributed by atoms with Gasteiger partial charge in [-0.1, -0.05) is 30.3 Å². The van der Waals surface area contributed by atoms with E-state index in [9.17, 15) is 9.59 Å². The third kappa shape index (κ3) is 4.90. The zero-order valence-electron chi connectivity index (χ0n) is 14.1. The molecule has 1 aliphatic rings. The molecule has 0 bridgehead atoms. The molecule has 1 atom stereocenters. The number of nitrogens with two attached hydrogens (primary N) is 1. The number of rotatable bonds is 6. The van der Waals surface area contributed by atoms with Gasteiger partial charge in [-0.2, -0.15) is 5.10 Å². The van der Waals surface area contributed by atoms with Gasteiger partial charge in [-0.25, -0.2) is 0 Å². The first kappa shape index (κ1) is 17.2. The number of hydrogen-bond donors (Lipinski definition) is 2. The molecule has 7 nitrogen and oxygen atoms in total. The number of nitrogens with zero attached hydrogens (tertiary/aromatic N) is 3. The molecule has 0 radical (unpaired) electrons. The van der Waals surface area contributed by atoms with E-state index in [1.807, 2.05) is 41.4 Å². The van der Waals surface area contributed by atoms with Gasteiger partial charge in [0.2, 0.25) is 11.8 Å². The van der Waals surface area contributed by atoms with E-state index in [0.29, 0.717) is 18.8 Å². The monoisotopic (exact) mass is 341 g/mol. The van der Waals surface area contributed by atoms with Gasteiger partial charge in [0.25, 0.3) is 0 Å². The normalized spacial score (nSPS) is 18.0. The molecule has 1 saturated heterocycles. The van der Waals surface area contributed by atoms with E-state index in [1.54, 1.807) is 10.9 Å². The van der Waals surface area contributed by atoms with Gasteiger partial charge < -0.3 is 11.1 Å². The molecule has 3 N–H and O–H groups in total. The molecule has 0 saturated carbocycles. The highest BCUT2D eigenvalue weighted by atomic mass is 16.2. The van der Waals surface area contributed by atoms with Crippen LogP contribution < -0.4 is 11.1 Å². The molecule has 1 aromatic heterocycles. The molecule has 0 aliphatic carbocycles. The molecular formula is C18H23N5O2. The maximum Gasteiger partial charge on any atom is 0.231 e. The number of nitrogens with one attached hydrogen (secondary N) is 1. The number of carbonyl (C=O) groups is 2. The van der Waals surface area contributed by atoms with E-state index in [2.05, 4.69) is 10.4 Å². The molecule has 1 unspecified atom stereocenters. The first-order valence-corrected chi connectivity index (χ1v) is 8.48. The van der Waals surface area contributed by atoms with Crippen molar-refractivity contribution in [2.45, 2.75) is 19.4 Å². The van der Waals surface area contributed by atoms with Gasteiger partial charge in [0.1, 0.15) is 0 Å². The van der Waals surface area contributed by atoms with Crippen LogP contribution in [0.2, 0.25) is 0 Å². The van der Waals surface area contributed by atoms with Crippen molar-refractivity contribution in [1.82, 2.24) is 14.7 Å². The van der Waals surface area contributed by atoms with Crippen LogP contribution in [0.15, 0.2) is 42.7 Å². The van der Waals surface area contributed by atoms with Crippen molar-refractivity contribution in [3.8, 4) is 0 Å². The van der Waals surface area contributed by atoms with E-state index in [4.69, 9.17) is 5.73 Å². The SMILES string of the molecule is NC(=O)CN1CCCC(C(=O)Nc2cnn(Cc3ccccc3)c2)C1. The van der Waals surface area contributed by atoms with E-state index >= 15 is 0 Å². The molecule has 1 aliphatic heterocycles. The number of anilines is 1. The van der Waals surface area contributed by atoms with Crippen LogP contribution in [-0.4, -0.2) is 46.1 Å². The average Bonchev–Trinajstić information content (AvgIpc) is 3.02. The molecule has 7 heteroatoms. The average molecular weight is 341 g/mol. The summed E-state index contributed by atoms with van der Waals surface area (Å²) in [6, 6.07) is 10.0. The van der Waals surface area contributed by atoms with Crippen LogP contribution in [0.5, 0.6) is 0 Å². The van der Waals surface area contributed by atoms with E-state index in [-0.39, 0.29) is 24.3 Å². The second-order valence-electron chi connectivity index (χ2n) is 6.44. The lowest BCUT2D eigenvalue weighted by Crippen LogP contribution is -2.44. The van der Waals surface area contributed by atoms with Crippen LogP contribution in [0, 0.1) is 5.92 Å². The Balaban J connectivity index is 1.55. The second-order valence-corrected chi connectivity index (χ2v) is 6.44. The Bertz CT molecular complexity index is 728. The number of hydrogen-bond acceptors (Lipinski definition) is 4. The Kier molecular flexibility index (Phi) is 5.45. The molecule has 132 valence electrons. The van der Waals surface area contributed by atoms with Crippen molar-refractivity contribution in [3.05, 3.63) is 48.3 Å². The number of benzene rings is 1. The summed E-state index contributed by atoms with van der Waals surface area (Å²) < 4.78 is 1.80. The van der Waals surface area contributed by atoms with Crippen LogP contribution in [0.1, 0.15) is 18.4 Å². The maximum absolute atomic E-state index is 12.5. The summed E-state index contributed by atoms with van der Waals surface area (Å²) in [6.45, 7) is 2.24. The molecule has 1 aromatic carbocycles. The van der Waals surface area contributed by atoms with E-state index in [1.165, 1.54) is 0 Å². The van der Waals surface area contributed by atoms with Crippen molar-refractivity contribution in [1.29, 1.82) is 0 Å². The van der Waals surface area contributed by atoms with Gasteiger partial charge in [0, 0.05) is 12.7 Å². The van der Waals surface area contributed by atoms with E-state index in [0.717, 1.165) is 24.9 Å². The lowest BCUT2D eigenvalue weighted by Gasteiger charge is -2.30. The number of amides is 2. The molecule has 0 spiro atoms. The summed E-state index contributed by atoms with van der Waals surface area (Å²) in [5, 5.41) is 7.22. The minimum atomic E-state index is -0.358. The van der Waals surface area contributed by atoms with Crippen molar-refractivity contribution in [2.24, 2.45) is 11.7 Å². The Labute approximate surface area is 146 Å². The Hall–Kier alpha value is -2.67. The van der Waals surface area contributed by atoms with E-state index < -0.39 is 0 Å². The molecule has 2 heterocycles. The first-order chi connectivity index (χ1) is 12.1. The van der Waals surface area contributed by atoms with Crippen LogP contribution in [-0.2, 0) is 16.1 Å². The fourth-order valence-corrected chi connectivity index (χ4v) is 3.16. The molecule has 25 heavy (non-hydrogen) atoms. The van der Waals surface area contributed by atoms with Crippen LogP contribution in [0.3, 0.4) is 0 Å². The predicted molar refractivity (Wildman–Crippen MR) is 94.8 cm³/mol. The van der Waals surface area contributed by atoms with Crippen LogP contribution in [0.4, 0.5) is 5.69 Å². The fourth-order valence-electron chi connectivity index (χ4n) is 3.16. The van der Waals surface area contributed by atoms with Gasteiger partial charge >= 0.3 is 0 Å². The highest BCUT2D eigenvalue weighted by Gasteiger charge is 2.26. The van der Waals surface area contributed by atoms with Gasteiger partial charge in [-0.15, -0.1) is 0 Å². The molecule has 2 amide bonds. The second kappa shape index (κ2) is 7.94. The number of likely N-dealkylation sites (tertiary alicyclic amines) is 1. The summed E-state index contributed by atoms with van der Waals surface area (Å²) in [5.74, 6) is -0.526. The minimum absolute atomic E-state index is 0.0339. The molecule has 2 aromatic rings. The quantitative estimate of drug-likeness (QED) is 0.822. The number of aromatic nitrogens is 2. The summed E-state index contributed by atoms with van der Waals surface area (Å²) in [5.41, 5.74) is 7.08. The van der Waals surface area contributed by atoms with Crippen molar-refractivity contribution in [3.63, 3.8) is 0 Å². The van der Waals surface area contributed by atoms with Gasteiger partial charge in [-0.3, -0.25) is 19.2 Å². The Morgan fingerprint density at radius 3 is 2.84 bits per heavy atom. The number of carbonyl (C=O) groups excluding carboxylic acids is 2. The molecule has 3 rings (SSSR count). The lowest BCUT2D eigenvalue weighted by molar-refractivity contribution is -0.124. The summed E-state index contributed by atoms with van der Waals surface area (Å²) in [4.78, 5) is 25.5. The number of piperidine rings is 1. The highest BCUT2D eigenvalue weighted by molar-refractivity contribution is 5.92. The Morgan fingerprint density at radius 2 is 2.08 bits per heavy atom. The van der Waals surface area contributed by atoms with Crippen molar-refractivity contribution in [2.75, 3.05) is 25.0 Å². The van der Waals surface area contributed by atoms with Crippen LogP contribution >= 0.6 is 0 Å². The standard InChI is InChI=1S/C18H23N5O2/c19-17(24)13-22-8-4-7-15(11-22)18(25)21-16-9-20-23(12-16)10-14-5-2-1-3-6-14/h1-3,5-6,9,12,15H,4,7-8,10-11,13H2,(H2,19,24)(H,21,25). The third-order valence-corrected chi connectivity index (χ3v) is 4.34. The summed E-state index contributed by atoms with van der Waals surface area (Å²) in [7, 11) is 0. The van der Waals surface area contributed by atoms with Crippen molar-refractivity contribution >= 4 is 17.5 Å². The smallest absolute Gasteiger partial charge is 0.231 e. The van der Waals surface area contributed by atoms with Crippen molar-refractivity contribution < 1.29 is 9.59 Å². The molecule has 1 fully saturated rings. The number of primary amides is 1. The molecular weight excluding hydrogens is 318 g/mol. The van der Waals surface area contributed by atoms with Crippen LogP contribution in [0.25, 0.3) is 0 Å². The topological polar surface area (TPSA) is 93.2 Å². The minimum Gasteiger partial charge on any atom is -0.369 e. The highest BCUT2D eigenvalue weighted by Crippen LogP contribution is 2.18. The van der Waals surface area contributed by atoms with Gasteiger partial charge in [-0.05, 0) is 24.9 Å². The van der Waals surface area contributed by atoms with Gasteiger partial charge in [0.05, 0.1) is 30.9 Å². The summed E-state index contributed by atoms with van der Waals surface area (Å²) in [6.07, 6.45) is 5.19. The maximum atomic E-state index is 12.5. The Morgan fingerprint density at radius 1 is 1.28 bits per heavy atom. The zero-order chi connectivity index (χ0) is 17.6. The first-order valence-electron chi connectivity index (χ1n) is 8.48. The fraction of sp³-hybridized carbons (Fsp3) is 0.389. The zero-order valence-corrected chi connectivity index (χ0v) is 14.1. The summed E-state index contributed by atoms with van der Waals surface area (Å²) >= 11 is 0. The third-order valence-electron chi connectivity index (χ3n) is 4.34. The van der Waals surface area contributed by atoms with Gasteiger partial charge in [0.15, 0.2) is 0 Å². The largest absolute Gasteiger partial charge is 0.369 e. The predicted octanol–water partition coefficient (Wildman–Crippen LogP) is 1.07. The lowest BCUT2D eigenvalue weighted by atomic mass is 9.97.